The summed E-state index contributed by atoms with van der Waals surface area (Å²) in [6.07, 6.45) is 9.36. The van der Waals surface area contributed by atoms with Gasteiger partial charge in [0.15, 0.2) is 11.5 Å². The van der Waals surface area contributed by atoms with Crippen molar-refractivity contribution in [3.05, 3.63) is 35.4 Å². The first-order chi connectivity index (χ1) is 10.8. The predicted molar refractivity (Wildman–Crippen MR) is 97.0 cm³/mol. The zero-order chi connectivity index (χ0) is 15.4. The van der Waals surface area contributed by atoms with Gasteiger partial charge in [0.2, 0.25) is 0 Å². The Kier molecular flexibility index (Phi) is 6.79. The van der Waals surface area contributed by atoms with E-state index in [1.807, 2.05) is 13.8 Å². The zero-order valence-corrected chi connectivity index (χ0v) is 15.0. The highest BCUT2D eigenvalue weighted by Crippen LogP contribution is 2.40. The van der Waals surface area contributed by atoms with Gasteiger partial charge in [0.05, 0.1) is 13.2 Å². The minimum absolute atomic E-state index is 0. The third-order valence-corrected chi connectivity index (χ3v) is 4.68. The molecule has 2 aliphatic rings. The molecule has 0 amide bonds. The molecule has 0 spiro atoms. The fourth-order valence-electron chi connectivity index (χ4n) is 3.67. The van der Waals surface area contributed by atoms with Crippen LogP contribution in [0.25, 0.3) is 0 Å². The SMILES string of the molecule is CCOc1cc2c(cc1OCC)C(C1CC=CCC1)NCC2.Cl. The molecule has 0 radical (unpaired) electrons. The van der Waals surface area contributed by atoms with Crippen LogP contribution in [0.3, 0.4) is 0 Å². The summed E-state index contributed by atoms with van der Waals surface area (Å²) in [6, 6.07) is 4.87. The molecule has 128 valence electrons. The molecule has 1 aromatic rings. The molecule has 23 heavy (non-hydrogen) atoms. The van der Waals surface area contributed by atoms with Crippen molar-refractivity contribution in [1.82, 2.24) is 5.32 Å². The maximum absolute atomic E-state index is 5.82. The van der Waals surface area contributed by atoms with Crippen molar-refractivity contribution in [3.63, 3.8) is 0 Å². The van der Waals surface area contributed by atoms with E-state index in [1.165, 1.54) is 30.4 Å². The highest BCUT2D eigenvalue weighted by molar-refractivity contribution is 5.85. The fourth-order valence-corrected chi connectivity index (χ4v) is 3.67. The third-order valence-electron chi connectivity index (χ3n) is 4.68. The summed E-state index contributed by atoms with van der Waals surface area (Å²) in [7, 11) is 0. The average molecular weight is 338 g/mol. The van der Waals surface area contributed by atoms with Crippen LogP contribution in [0.1, 0.15) is 50.3 Å². The van der Waals surface area contributed by atoms with Gasteiger partial charge in [0.1, 0.15) is 0 Å². The molecule has 3 rings (SSSR count). The highest BCUT2D eigenvalue weighted by atomic mass is 35.5. The van der Waals surface area contributed by atoms with Gasteiger partial charge in [0.25, 0.3) is 0 Å². The molecule has 0 saturated heterocycles. The minimum Gasteiger partial charge on any atom is -0.490 e. The van der Waals surface area contributed by atoms with E-state index >= 15 is 0 Å². The van der Waals surface area contributed by atoms with Crippen LogP contribution in [0.5, 0.6) is 11.5 Å². The van der Waals surface area contributed by atoms with Crippen LogP contribution < -0.4 is 14.8 Å². The lowest BCUT2D eigenvalue weighted by atomic mass is 9.80. The van der Waals surface area contributed by atoms with Crippen molar-refractivity contribution in [2.45, 2.75) is 45.6 Å². The van der Waals surface area contributed by atoms with Gasteiger partial charge in [-0.05, 0) is 75.3 Å². The van der Waals surface area contributed by atoms with Crippen molar-refractivity contribution >= 4 is 12.4 Å². The lowest BCUT2D eigenvalue weighted by Gasteiger charge is -2.34. The molecule has 0 saturated carbocycles. The van der Waals surface area contributed by atoms with Crippen LogP contribution in [0.4, 0.5) is 0 Å². The first-order valence-electron chi connectivity index (χ1n) is 8.64. The maximum Gasteiger partial charge on any atom is 0.161 e. The molecule has 1 N–H and O–H groups in total. The van der Waals surface area contributed by atoms with Gasteiger partial charge in [-0.3, -0.25) is 0 Å². The van der Waals surface area contributed by atoms with E-state index in [4.69, 9.17) is 9.47 Å². The first kappa shape index (κ1) is 18.2. The second kappa shape index (κ2) is 8.60. The first-order valence-corrected chi connectivity index (χ1v) is 8.64. The molecule has 0 aromatic heterocycles. The van der Waals surface area contributed by atoms with Gasteiger partial charge >= 0.3 is 0 Å². The molecular formula is C19H28ClNO2. The van der Waals surface area contributed by atoms with Gasteiger partial charge in [0, 0.05) is 6.04 Å². The molecule has 2 unspecified atom stereocenters. The van der Waals surface area contributed by atoms with Gasteiger partial charge in [-0.25, -0.2) is 0 Å². The normalized spacial score (nSPS) is 22.9. The zero-order valence-electron chi connectivity index (χ0n) is 14.1. The largest absolute Gasteiger partial charge is 0.490 e. The van der Waals surface area contributed by atoms with Crippen molar-refractivity contribution < 1.29 is 9.47 Å². The fraction of sp³-hybridized carbons (Fsp3) is 0.579. The number of allylic oxidation sites excluding steroid dienone is 2. The standard InChI is InChI=1S/C19H27NO2.ClH/c1-3-21-17-12-15-10-11-20-19(14-8-6-5-7-9-14)16(15)13-18(17)22-4-2;/h5-6,12-14,19-20H,3-4,7-11H2,1-2H3;1H. The maximum atomic E-state index is 5.82. The number of hydrogen-bond acceptors (Lipinski definition) is 3. The smallest absolute Gasteiger partial charge is 0.161 e. The van der Waals surface area contributed by atoms with Crippen LogP contribution in [0.2, 0.25) is 0 Å². The Bertz CT molecular complexity index is 544. The highest BCUT2D eigenvalue weighted by Gasteiger charge is 2.29. The molecule has 2 atom stereocenters. The van der Waals surface area contributed by atoms with Crippen LogP contribution in [0, 0.1) is 5.92 Å². The molecule has 0 fully saturated rings. The average Bonchev–Trinajstić information content (AvgIpc) is 2.56. The van der Waals surface area contributed by atoms with E-state index in [1.54, 1.807) is 0 Å². The van der Waals surface area contributed by atoms with Gasteiger partial charge in [-0.15, -0.1) is 12.4 Å². The second-order valence-corrected chi connectivity index (χ2v) is 6.09. The number of benzene rings is 1. The lowest BCUT2D eigenvalue weighted by molar-refractivity contribution is 0.282. The minimum atomic E-state index is 0. The molecule has 0 bridgehead atoms. The Morgan fingerprint density at radius 1 is 1.09 bits per heavy atom. The Morgan fingerprint density at radius 3 is 2.48 bits per heavy atom. The van der Waals surface area contributed by atoms with E-state index in [-0.39, 0.29) is 12.4 Å². The second-order valence-electron chi connectivity index (χ2n) is 6.09. The number of ether oxygens (including phenoxy) is 2. The van der Waals surface area contributed by atoms with Crippen LogP contribution in [-0.4, -0.2) is 19.8 Å². The summed E-state index contributed by atoms with van der Waals surface area (Å²) in [4.78, 5) is 0. The van der Waals surface area contributed by atoms with Gasteiger partial charge < -0.3 is 14.8 Å². The molecule has 1 aromatic carbocycles. The van der Waals surface area contributed by atoms with Crippen molar-refractivity contribution in [2.75, 3.05) is 19.8 Å². The molecule has 1 aliphatic heterocycles. The van der Waals surface area contributed by atoms with E-state index in [2.05, 4.69) is 29.6 Å². The number of rotatable bonds is 5. The van der Waals surface area contributed by atoms with Crippen LogP contribution in [0.15, 0.2) is 24.3 Å². The molecular weight excluding hydrogens is 310 g/mol. The molecule has 1 heterocycles. The predicted octanol–water partition coefficient (Wildman–Crippen LogP) is 4.45. The lowest BCUT2D eigenvalue weighted by Crippen LogP contribution is -2.35. The Balaban J connectivity index is 0.00000192. The summed E-state index contributed by atoms with van der Waals surface area (Å²) in [6.45, 7) is 6.44. The summed E-state index contributed by atoms with van der Waals surface area (Å²) < 4.78 is 11.6. The number of hydrogen-bond donors (Lipinski definition) is 1. The Hall–Kier alpha value is -1.19. The quantitative estimate of drug-likeness (QED) is 0.805. The van der Waals surface area contributed by atoms with Crippen LogP contribution in [-0.2, 0) is 6.42 Å². The van der Waals surface area contributed by atoms with Crippen molar-refractivity contribution in [3.8, 4) is 11.5 Å². The van der Waals surface area contributed by atoms with Crippen molar-refractivity contribution in [1.29, 1.82) is 0 Å². The topological polar surface area (TPSA) is 30.5 Å². The van der Waals surface area contributed by atoms with Gasteiger partial charge in [-0.2, -0.15) is 0 Å². The molecule has 1 aliphatic carbocycles. The number of fused-ring (bicyclic) bond motifs is 1. The Labute approximate surface area is 145 Å². The van der Waals surface area contributed by atoms with Gasteiger partial charge in [-0.1, -0.05) is 12.2 Å². The van der Waals surface area contributed by atoms with E-state index in [0.29, 0.717) is 25.2 Å². The van der Waals surface area contributed by atoms with E-state index < -0.39 is 0 Å². The van der Waals surface area contributed by atoms with E-state index in [0.717, 1.165) is 24.5 Å². The number of halogens is 1. The van der Waals surface area contributed by atoms with Crippen molar-refractivity contribution in [2.24, 2.45) is 5.92 Å². The number of nitrogens with one attached hydrogen (secondary N) is 1. The summed E-state index contributed by atoms with van der Waals surface area (Å²) in [5, 5.41) is 3.74. The molecule has 4 heteroatoms. The summed E-state index contributed by atoms with van der Waals surface area (Å²) >= 11 is 0. The van der Waals surface area contributed by atoms with Crippen LogP contribution >= 0.6 is 12.4 Å². The summed E-state index contributed by atoms with van der Waals surface area (Å²) in [5.74, 6) is 2.48. The summed E-state index contributed by atoms with van der Waals surface area (Å²) in [5.41, 5.74) is 2.84. The third kappa shape index (κ3) is 4.02. The monoisotopic (exact) mass is 337 g/mol. The Morgan fingerprint density at radius 2 is 1.83 bits per heavy atom. The van der Waals surface area contributed by atoms with E-state index in [9.17, 15) is 0 Å². The molecule has 3 nitrogen and oxygen atoms in total.